The van der Waals surface area contributed by atoms with Crippen molar-refractivity contribution in [1.82, 2.24) is 0 Å². The Labute approximate surface area is 127 Å². The molecule has 118 valence electrons. The zero-order valence-corrected chi connectivity index (χ0v) is 13.7. The van der Waals surface area contributed by atoms with Gasteiger partial charge in [0.25, 0.3) is 0 Å². The lowest BCUT2D eigenvalue weighted by molar-refractivity contribution is 0.0912. The molecule has 1 aliphatic heterocycles. The number of fused-ring (bicyclic) bond motifs is 1. The molecule has 21 heavy (non-hydrogen) atoms. The van der Waals surface area contributed by atoms with E-state index in [-0.39, 0.29) is 24.5 Å². The summed E-state index contributed by atoms with van der Waals surface area (Å²) in [4.78, 5) is 0. The van der Waals surface area contributed by atoms with Crippen LogP contribution >= 0.6 is 0 Å². The van der Waals surface area contributed by atoms with Crippen LogP contribution in [0, 0.1) is 0 Å². The van der Waals surface area contributed by atoms with Crippen LogP contribution in [-0.2, 0) is 21.2 Å². The highest BCUT2D eigenvalue weighted by molar-refractivity contribution is 7.92. The van der Waals surface area contributed by atoms with Gasteiger partial charge in [-0.25, -0.2) is 8.42 Å². The second-order valence-electron chi connectivity index (χ2n) is 5.73. The summed E-state index contributed by atoms with van der Waals surface area (Å²) < 4.78 is 31.7. The van der Waals surface area contributed by atoms with Crippen molar-refractivity contribution < 1.29 is 13.2 Å². The summed E-state index contributed by atoms with van der Waals surface area (Å²) in [5.41, 5.74) is 8.75. The van der Waals surface area contributed by atoms with Gasteiger partial charge in [0.05, 0.1) is 24.2 Å². The zero-order chi connectivity index (χ0) is 15.6. The first-order valence-electron chi connectivity index (χ1n) is 7.31. The maximum Gasteiger partial charge on any atom is 0.237 e. The van der Waals surface area contributed by atoms with Gasteiger partial charge in [0.1, 0.15) is 0 Å². The molecule has 1 heterocycles. The lowest BCUT2D eigenvalue weighted by Crippen LogP contribution is -2.33. The van der Waals surface area contributed by atoms with Crippen molar-refractivity contribution in [2.24, 2.45) is 5.73 Å². The van der Waals surface area contributed by atoms with E-state index in [0.717, 1.165) is 23.2 Å². The fourth-order valence-corrected chi connectivity index (χ4v) is 3.84. The quantitative estimate of drug-likeness (QED) is 0.869. The van der Waals surface area contributed by atoms with E-state index < -0.39 is 10.0 Å². The van der Waals surface area contributed by atoms with E-state index in [1.54, 1.807) is 0 Å². The molecule has 0 aliphatic carbocycles. The van der Waals surface area contributed by atoms with Gasteiger partial charge in [-0.15, -0.1) is 0 Å². The number of nitrogens with zero attached hydrogens (tertiary/aromatic N) is 1. The van der Waals surface area contributed by atoms with E-state index >= 15 is 0 Å². The summed E-state index contributed by atoms with van der Waals surface area (Å²) in [5, 5.41) is 0. The number of nitrogens with two attached hydrogens (primary N) is 1. The third kappa shape index (κ3) is 3.75. The van der Waals surface area contributed by atoms with Crippen LogP contribution in [0.1, 0.15) is 37.9 Å². The third-order valence-corrected chi connectivity index (χ3v) is 5.34. The molecule has 1 aromatic carbocycles. The van der Waals surface area contributed by atoms with Crippen molar-refractivity contribution in [3.8, 4) is 0 Å². The van der Waals surface area contributed by atoms with E-state index in [0.29, 0.717) is 6.54 Å². The van der Waals surface area contributed by atoms with Crippen molar-refractivity contribution >= 4 is 15.7 Å². The highest BCUT2D eigenvalue weighted by Gasteiger charge is 2.29. The molecule has 0 saturated carbocycles. The molecule has 0 bridgehead atoms. The average Bonchev–Trinajstić information content (AvgIpc) is 2.81. The molecule has 0 spiro atoms. The van der Waals surface area contributed by atoms with E-state index in [2.05, 4.69) is 0 Å². The fraction of sp³-hybridized carbons (Fsp3) is 0.600. The molecule has 0 radical (unpaired) electrons. The van der Waals surface area contributed by atoms with E-state index in [4.69, 9.17) is 10.5 Å². The lowest BCUT2D eigenvalue weighted by Gasteiger charge is -2.20. The van der Waals surface area contributed by atoms with E-state index in [1.807, 2.05) is 39.0 Å². The molecule has 1 unspecified atom stereocenters. The molecule has 1 atom stereocenters. The summed E-state index contributed by atoms with van der Waals surface area (Å²) in [7, 11) is -3.33. The highest BCUT2D eigenvalue weighted by atomic mass is 32.2. The number of ether oxygens (including phenoxy) is 1. The Morgan fingerprint density at radius 1 is 1.33 bits per heavy atom. The number of hydrogen-bond donors (Lipinski definition) is 1. The molecule has 0 fully saturated rings. The molecule has 6 heteroatoms. The number of benzene rings is 1. The Kier molecular flexibility index (Phi) is 4.91. The minimum atomic E-state index is -3.33. The number of hydrogen-bond acceptors (Lipinski definition) is 4. The van der Waals surface area contributed by atoms with Gasteiger partial charge in [-0.1, -0.05) is 12.1 Å². The maximum atomic E-state index is 12.4. The maximum absolute atomic E-state index is 12.4. The van der Waals surface area contributed by atoms with Crippen LogP contribution in [0.3, 0.4) is 0 Å². The van der Waals surface area contributed by atoms with Gasteiger partial charge in [0.15, 0.2) is 0 Å². The minimum absolute atomic E-state index is 0.0136. The third-order valence-electron chi connectivity index (χ3n) is 3.61. The molecule has 1 aromatic rings. The van der Waals surface area contributed by atoms with Crippen molar-refractivity contribution in [3.05, 3.63) is 29.3 Å². The Morgan fingerprint density at radius 3 is 2.67 bits per heavy atom. The average molecular weight is 312 g/mol. The van der Waals surface area contributed by atoms with Gasteiger partial charge < -0.3 is 10.5 Å². The summed E-state index contributed by atoms with van der Waals surface area (Å²) in [6, 6.07) is 5.74. The molecule has 1 aliphatic rings. The van der Waals surface area contributed by atoms with Crippen molar-refractivity contribution in [1.29, 1.82) is 0 Å². The Hall–Kier alpha value is -1.11. The number of sulfonamides is 1. The largest absolute Gasteiger partial charge is 0.378 e. The van der Waals surface area contributed by atoms with E-state index in [1.165, 1.54) is 4.31 Å². The first-order valence-corrected chi connectivity index (χ1v) is 8.92. The summed E-state index contributed by atoms with van der Waals surface area (Å²) >= 11 is 0. The zero-order valence-electron chi connectivity index (χ0n) is 12.9. The first kappa shape index (κ1) is 16.3. The molecular formula is C15H24N2O3S. The van der Waals surface area contributed by atoms with Crippen LogP contribution in [-0.4, -0.2) is 33.4 Å². The molecule has 0 saturated heterocycles. The van der Waals surface area contributed by atoms with Crippen LogP contribution in [0.4, 0.5) is 5.69 Å². The van der Waals surface area contributed by atoms with Crippen LogP contribution < -0.4 is 10.0 Å². The van der Waals surface area contributed by atoms with Crippen molar-refractivity contribution in [2.45, 2.75) is 39.3 Å². The van der Waals surface area contributed by atoms with Crippen LogP contribution in [0.15, 0.2) is 18.2 Å². The molecule has 2 rings (SSSR count). The van der Waals surface area contributed by atoms with Gasteiger partial charge in [-0.05, 0) is 44.4 Å². The monoisotopic (exact) mass is 312 g/mol. The van der Waals surface area contributed by atoms with Crippen LogP contribution in [0.5, 0.6) is 0 Å². The number of rotatable bonds is 6. The van der Waals surface area contributed by atoms with Gasteiger partial charge in [0.2, 0.25) is 10.0 Å². The minimum Gasteiger partial charge on any atom is -0.378 e. The van der Waals surface area contributed by atoms with Crippen LogP contribution in [0.25, 0.3) is 0 Å². The Balaban J connectivity index is 2.14. The standard InChI is InChI=1S/C15H24N2O3S/c1-11(2)20-8-9-21(18,19)17-7-6-14-10-13(12(3)16)4-5-15(14)17/h4-5,10-12H,6-9,16H2,1-3H3. The summed E-state index contributed by atoms with van der Waals surface area (Å²) in [5.74, 6) is 0.0136. The SMILES string of the molecule is CC(C)OCCS(=O)(=O)N1CCc2cc(C(C)N)ccc21. The highest BCUT2D eigenvalue weighted by Crippen LogP contribution is 2.32. The molecule has 5 nitrogen and oxygen atoms in total. The summed E-state index contributed by atoms with van der Waals surface area (Å²) in [6.07, 6.45) is 0.778. The Morgan fingerprint density at radius 2 is 2.05 bits per heavy atom. The van der Waals surface area contributed by atoms with Crippen molar-refractivity contribution in [2.75, 3.05) is 23.2 Å². The van der Waals surface area contributed by atoms with E-state index in [9.17, 15) is 8.42 Å². The van der Waals surface area contributed by atoms with Crippen LogP contribution in [0.2, 0.25) is 0 Å². The lowest BCUT2D eigenvalue weighted by atomic mass is 10.0. The van der Waals surface area contributed by atoms with Gasteiger partial charge in [0, 0.05) is 12.6 Å². The van der Waals surface area contributed by atoms with Gasteiger partial charge in [-0.3, -0.25) is 4.31 Å². The predicted octanol–water partition coefficient (Wildman–Crippen LogP) is 1.82. The van der Waals surface area contributed by atoms with Gasteiger partial charge >= 0.3 is 0 Å². The Bertz CT molecular complexity index is 597. The molecule has 0 amide bonds. The fourth-order valence-electron chi connectivity index (χ4n) is 2.46. The number of anilines is 1. The second kappa shape index (κ2) is 6.34. The molecule has 0 aromatic heterocycles. The van der Waals surface area contributed by atoms with Gasteiger partial charge in [-0.2, -0.15) is 0 Å². The molecular weight excluding hydrogens is 288 g/mol. The molecule has 2 N–H and O–H groups in total. The smallest absolute Gasteiger partial charge is 0.237 e. The summed E-state index contributed by atoms with van der Waals surface area (Å²) in [6.45, 7) is 6.44. The van der Waals surface area contributed by atoms with Crippen molar-refractivity contribution in [3.63, 3.8) is 0 Å². The second-order valence-corrected chi connectivity index (χ2v) is 7.75. The first-order chi connectivity index (χ1) is 9.81. The predicted molar refractivity (Wildman–Crippen MR) is 85.0 cm³/mol. The normalized spacial score (nSPS) is 16.3. The topological polar surface area (TPSA) is 72.6 Å².